The van der Waals surface area contributed by atoms with Crippen molar-refractivity contribution in [1.82, 2.24) is 10.3 Å². The van der Waals surface area contributed by atoms with E-state index in [1.807, 2.05) is 0 Å². The summed E-state index contributed by atoms with van der Waals surface area (Å²) < 4.78 is 62.2. The van der Waals surface area contributed by atoms with Crippen molar-refractivity contribution >= 4 is 17.7 Å². The average Bonchev–Trinajstić information content (AvgIpc) is 2.73. The summed E-state index contributed by atoms with van der Waals surface area (Å²) in [5.74, 6) is -1.69. The molecule has 2 N–H and O–H groups in total. The maximum Gasteiger partial charge on any atom is 0.419 e. The lowest BCUT2D eigenvalue weighted by atomic mass is 10.1. The number of carbonyl (C=O) groups excluding carboxylic acids is 2. The minimum absolute atomic E-state index is 0.0138. The van der Waals surface area contributed by atoms with Gasteiger partial charge in [0.1, 0.15) is 17.3 Å². The predicted octanol–water partition coefficient (Wildman–Crippen LogP) is 5.00. The number of nitrogens with one attached hydrogen (secondary N) is 2. The van der Waals surface area contributed by atoms with Crippen LogP contribution in [0.3, 0.4) is 0 Å². The number of anilines is 1. The highest BCUT2D eigenvalue weighted by molar-refractivity contribution is 6.04. The van der Waals surface area contributed by atoms with Crippen molar-refractivity contribution in [2.24, 2.45) is 0 Å². The molecule has 2 aromatic carbocycles. The molecule has 0 aliphatic carbocycles. The molecule has 0 atom stereocenters. The molecule has 0 bridgehead atoms. The number of nitrogens with zero attached hydrogens (tertiary/aromatic N) is 1. The Labute approximate surface area is 179 Å². The van der Waals surface area contributed by atoms with E-state index in [0.717, 1.165) is 6.07 Å². The van der Waals surface area contributed by atoms with Crippen LogP contribution in [0.25, 0.3) is 0 Å². The monoisotopic (exact) mass is 449 g/mol. The molecule has 0 saturated carbocycles. The van der Waals surface area contributed by atoms with E-state index in [4.69, 9.17) is 9.47 Å². The molecule has 0 radical (unpaired) electrons. The molecule has 0 spiro atoms. The predicted molar refractivity (Wildman–Crippen MR) is 105 cm³/mol. The molecule has 0 saturated heterocycles. The number of amides is 2. The van der Waals surface area contributed by atoms with E-state index >= 15 is 0 Å². The van der Waals surface area contributed by atoms with Gasteiger partial charge in [0.2, 0.25) is 5.88 Å². The van der Waals surface area contributed by atoms with Gasteiger partial charge in [-0.1, -0.05) is 6.07 Å². The van der Waals surface area contributed by atoms with Crippen LogP contribution in [0.2, 0.25) is 0 Å². The number of aromatic nitrogens is 1. The lowest BCUT2D eigenvalue weighted by molar-refractivity contribution is -0.139. The van der Waals surface area contributed by atoms with Gasteiger partial charge in [-0.15, -0.1) is 0 Å². The van der Waals surface area contributed by atoms with Crippen molar-refractivity contribution < 1.29 is 36.6 Å². The molecule has 0 aliphatic rings. The van der Waals surface area contributed by atoms with E-state index in [0.29, 0.717) is 12.1 Å². The number of hydrogen-bond donors (Lipinski definition) is 2. The SMILES string of the molecule is CNC(=O)Oc1cc(Oc2cccc(C(=O)Nc3ccc(C(F)(F)F)c(F)c3)c2)ccn1. The quantitative estimate of drug-likeness (QED) is 0.535. The Hall–Kier alpha value is -4.15. The fourth-order valence-electron chi connectivity index (χ4n) is 2.52. The van der Waals surface area contributed by atoms with Crippen LogP contribution in [0.15, 0.2) is 60.8 Å². The van der Waals surface area contributed by atoms with Crippen molar-refractivity contribution in [3.63, 3.8) is 0 Å². The van der Waals surface area contributed by atoms with Gasteiger partial charge in [0, 0.05) is 30.6 Å². The first kappa shape index (κ1) is 22.5. The summed E-state index contributed by atoms with van der Waals surface area (Å²) in [6.45, 7) is 0. The van der Waals surface area contributed by atoms with Crippen molar-refractivity contribution in [1.29, 1.82) is 0 Å². The first-order valence-electron chi connectivity index (χ1n) is 8.97. The summed E-state index contributed by atoms with van der Waals surface area (Å²) in [6.07, 6.45) is -4.20. The second-order valence-electron chi connectivity index (χ2n) is 6.25. The van der Waals surface area contributed by atoms with E-state index in [1.165, 1.54) is 43.6 Å². The maximum atomic E-state index is 13.7. The summed E-state index contributed by atoms with van der Waals surface area (Å²) in [6, 6.07) is 10.8. The van der Waals surface area contributed by atoms with Crippen LogP contribution in [-0.2, 0) is 6.18 Å². The number of hydrogen-bond acceptors (Lipinski definition) is 5. The molecule has 32 heavy (non-hydrogen) atoms. The summed E-state index contributed by atoms with van der Waals surface area (Å²) in [5, 5.41) is 4.60. The van der Waals surface area contributed by atoms with Gasteiger partial charge in [-0.05, 0) is 42.5 Å². The Morgan fingerprint density at radius 2 is 1.75 bits per heavy atom. The van der Waals surface area contributed by atoms with E-state index in [-0.39, 0.29) is 28.6 Å². The fraction of sp³-hybridized carbons (Fsp3) is 0.0952. The molecule has 0 fully saturated rings. The second-order valence-corrected chi connectivity index (χ2v) is 6.25. The van der Waals surface area contributed by atoms with Crippen molar-refractivity contribution in [3.05, 3.63) is 77.7 Å². The summed E-state index contributed by atoms with van der Waals surface area (Å²) >= 11 is 0. The highest BCUT2D eigenvalue weighted by Crippen LogP contribution is 2.32. The molecule has 7 nitrogen and oxygen atoms in total. The normalized spacial score (nSPS) is 10.9. The number of carbonyl (C=O) groups is 2. The van der Waals surface area contributed by atoms with Crippen molar-refractivity contribution in [2.45, 2.75) is 6.18 Å². The molecule has 3 aromatic rings. The Morgan fingerprint density at radius 1 is 1.00 bits per heavy atom. The third-order valence-corrected chi connectivity index (χ3v) is 3.97. The Morgan fingerprint density at radius 3 is 2.44 bits per heavy atom. The minimum Gasteiger partial charge on any atom is -0.457 e. The van der Waals surface area contributed by atoms with E-state index < -0.39 is 29.6 Å². The van der Waals surface area contributed by atoms with E-state index in [9.17, 15) is 27.2 Å². The molecule has 166 valence electrons. The highest BCUT2D eigenvalue weighted by Gasteiger charge is 2.34. The number of halogens is 4. The zero-order valence-electron chi connectivity index (χ0n) is 16.4. The van der Waals surface area contributed by atoms with Crippen LogP contribution >= 0.6 is 0 Å². The zero-order chi connectivity index (χ0) is 23.3. The van der Waals surface area contributed by atoms with Crippen LogP contribution in [0.1, 0.15) is 15.9 Å². The molecule has 11 heteroatoms. The van der Waals surface area contributed by atoms with Gasteiger partial charge in [-0.25, -0.2) is 14.2 Å². The fourth-order valence-corrected chi connectivity index (χ4v) is 2.52. The summed E-state index contributed by atoms with van der Waals surface area (Å²) in [7, 11) is 1.39. The Kier molecular flexibility index (Phi) is 6.57. The van der Waals surface area contributed by atoms with Gasteiger partial charge >= 0.3 is 12.3 Å². The number of benzene rings is 2. The van der Waals surface area contributed by atoms with Gasteiger partial charge in [-0.2, -0.15) is 13.2 Å². The first-order chi connectivity index (χ1) is 15.2. The third kappa shape index (κ3) is 5.72. The highest BCUT2D eigenvalue weighted by atomic mass is 19.4. The number of alkyl halides is 3. The molecule has 0 aliphatic heterocycles. The number of pyridine rings is 1. The molecular formula is C21H15F4N3O4. The third-order valence-electron chi connectivity index (χ3n) is 3.97. The van der Waals surface area contributed by atoms with Crippen LogP contribution in [-0.4, -0.2) is 24.0 Å². The lowest BCUT2D eigenvalue weighted by Crippen LogP contribution is -2.22. The van der Waals surface area contributed by atoms with Gasteiger partial charge in [0.25, 0.3) is 5.91 Å². The summed E-state index contributed by atoms with van der Waals surface area (Å²) in [5.41, 5.74) is -1.46. The summed E-state index contributed by atoms with van der Waals surface area (Å²) in [4.78, 5) is 27.6. The van der Waals surface area contributed by atoms with Gasteiger partial charge in [0.05, 0.1) is 5.56 Å². The van der Waals surface area contributed by atoms with Crippen molar-refractivity contribution in [2.75, 3.05) is 12.4 Å². The molecule has 1 heterocycles. The average molecular weight is 449 g/mol. The number of rotatable bonds is 5. The number of ether oxygens (including phenoxy) is 2. The largest absolute Gasteiger partial charge is 0.457 e. The van der Waals surface area contributed by atoms with Gasteiger partial charge < -0.3 is 20.1 Å². The van der Waals surface area contributed by atoms with Crippen LogP contribution in [0.4, 0.5) is 28.0 Å². The Bertz CT molecular complexity index is 1150. The lowest BCUT2D eigenvalue weighted by Gasteiger charge is -2.11. The smallest absolute Gasteiger partial charge is 0.419 e. The minimum atomic E-state index is -4.84. The first-order valence-corrected chi connectivity index (χ1v) is 8.97. The molecular weight excluding hydrogens is 434 g/mol. The topological polar surface area (TPSA) is 89.5 Å². The molecule has 3 rings (SSSR count). The van der Waals surface area contributed by atoms with E-state index in [1.54, 1.807) is 6.07 Å². The zero-order valence-corrected chi connectivity index (χ0v) is 16.4. The van der Waals surface area contributed by atoms with Crippen LogP contribution in [0.5, 0.6) is 17.4 Å². The van der Waals surface area contributed by atoms with Crippen LogP contribution in [0, 0.1) is 5.82 Å². The Balaban J connectivity index is 1.72. The standard InChI is InChI=1S/C21H15F4N3O4/c1-26-20(30)32-18-11-15(7-8-27-18)31-14-4-2-3-12(9-14)19(29)28-13-5-6-16(17(22)10-13)21(23,24)25/h2-11H,1H3,(H,26,30)(H,28,29). The van der Waals surface area contributed by atoms with Gasteiger partial charge in [0.15, 0.2) is 0 Å². The van der Waals surface area contributed by atoms with Gasteiger partial charge in [-0.3, -0.25) is 4.79 Å². The van der Waals surface area contributed by atoms with E-state index in [2.05, 4.69) is 15.6 Å². The maximum absolute atomic E-state index is 13.7. The second kappa shape index (κ2) is 9.33. The van der Waals surface area contributed by atoms with Crippen molar-refractivity contribution in [3.8, 4) is 17.4 Å². The molecule has 1 aromatic heterocycles. The molecule has 0 unspecified atom stereocenters. The van der Waals surface area contributed by atoms with Crippen LogP contribution < -0.4 is 20.1 Å². The molecule has 2 amide bonds.